The fourth-order valence-electron chi connectivity index (χ4n) is 1.76. The molecule has 0 aliphatic carbocycles. The first-order valence-corrected chi connectivity index (χ1v) is 8.22. The van der Waals surface area contributed by atoms with Crippen LogP contribution in [0.2, 0.25) is 0 Å². The molecule has 1 heterocycles. The predicted molar refractivity (Wildman–Crippen MR) is 80.1 cm³/mol. The summed E-state index contributed by atoms with van der Waals surface area (Å²) < 4.78 is 27.3. The van der Waals surface area contributed by atoms with Gasteiger partial charge in [-0.3, -0.25) is 4.72 Å². The Morgan fingerprint density at radius 1 is 1.26 bits per heavy atom. The van der Waals surface area contributed by atoms with E-state index in [4.69, 9.17) is 5.73 Å². The van der Waals surface area contributed by atoms with E-state index in [1.54, 1.807) is 11.4 Å². The highest BCUT2D eigenvalue weighted by Crippen LogP contribution is 2.28. The number of rotatable bonds is 4. The molecule has 6 heteroatoms. The van der Waals surface area contributed by atoms with Crippen molar-refractivity contribution in [2.45, 2.75) is 24.0 Å². The van der Waals surface area contributed by atoms with Crippen LogP contribution < -0.4 is 10.5 Å². The summed E-state index contributed by atoms with van der Waals surface area (Å²) in [6.45, 7) is 4.05. The number of sulfonamides is 1. The summed E-state index contributed by atoms with van der Waals surface area (Å²) in [4.78, 5) is 0. The number of thiophene rings is 1. The minimum atomic E-state index is -3.56. The third-order valence-corrected chi connectivity index (χ3v) is 5.51. The van der Waals surface area contributed by atoms with Gasteiger partial charge in [0.1, 0.15) is 4.21 Å². The molecule has 102 valence electrons. The Bertz CT molecular complexity index is 675. The summed E-state index contributed by atoms with van der Waals surface area (Å²) in [5.41, 5.74) is 7.61. The number of para-hydroxylation sites is 1. The third kappa shape index (κ3) is 3.08. The van der Waals surface area contributed by atoms with Crippen LogP contribution in [0.5, 0.6) is 0 Å². The van der Waals surface area contributed by atoms with Crippen LogP contribution in [0.3, 0.4) is 0 Å². The Hall–Kier alpha value is -1.53. The van der Waals surface area contributed by atoms with Crippen LogP contribution in [-0.4, -0.2) is 8.42 Å². The molecular weight excluding hydrogens is 280 g/mol. The molecule has 0 saturated carbocycles. The lowest BCUT2D eigenvalue weighted by Gasteiger charge is -2.13. The van der Waals surface area contributed by atoms with Gasteiger partial charge in [-0.15, -0.1) is 11.3 Å². The predicted octanol–water partition coefficient (Wildman–Crippen LogP) is 3.25. The molecule has 4 nitrogen and oxygen atoms in total. The number of nitrogens with two attached hydrogens (primary N) is 1. The quantitative estimate of drug-likeness (QED) is 0.909. The molecular formula is C13H16N2O2S2. The maximum absolute atomic E-state index is 12.2. The number of hydrogen-bond donors (Lipinski definition) is 2. The third-order valence-electron chi connectivity index (χ3n) is 2.69. The maximum Gasteiger partial charge on any atom is 0.271 e. The van der Waals surface area contributed by atoms with Crippen molar-refractivity contribution in [3.8, 4) is 0 Å². The monoisotopic (exact) mass is 296 g/mol. The van der Waals surface area contributed by atoms with E-state index in [-0.39, 0.29) is 10.1 Å². The van der Waals surface area contributed by atoms with E-state index in [1.165, 1.54) is 6.07 Å². The molecule has 0 radical (unpaired) electrons. The summed E-state index contributed by atoms with van der Waals surface area (Å²) in [6.07, 6.45) is 0. The lowest BCUT2D eigenvalue weighted by Crippen LogP contribution is -2.13. The average Bonchev–Trinajstić information content (AvgIpc) is 2.76. The molecule has 2 aromatic rings. The zero-order valence-electron chi connectivity index (χ0n) is 10.8. The maximum atomic E-state index is 12.2. The van der Waals surface area contributed by atoms with Crippen molar-refractivity contribution >= 4 is 32.7 Å². The second-order valence-corrected chi connectivity index (χ2v) is 7.37. The van der Waals surface area contributed by atoms with Gasteiger partial charge in [-0.25, -0.2) is 8.42 Å². The minimum absolute atomic E-state index is 0.226. The van der Waals surface area contributed by atoms with Gasteiger partial charge >= 0.3 is 0 Å². The molecule has 19 heavy (non-hydrogen) atoms. The molecule has 1 aromatic heterocycles. The first-order chi connectivity index (χ1) is 8.90. The highest BCUT2D eigenvalue weighted by molar-refractivity contribution is 7.94. The summed E-state index contributed by atoms with van der Waals surface area (Å²) in [6, 6.07) is 8.86. The van der Waals surface area contributed by atoms with Crippen LogP contribution in [0.15, 0.2) is 39.9 Å². The zero-order chi connectivity index (χ0) is 14.0. The first kappa shape index (κ1) is 13.9. The lowest BCUT2D eigenvalue weighted by atomic mass is 10.0. The number of hydrogen-bond acceptors (Lipinski definition) is 4. The summed E-state index contributed by atoms with van der Waals surface area (Å²) >= 11 is 1.11. The molecule has 0 bridgehead atoms. The molecule has 1 aromatic carbocycles. The van der Waals surface area contributed by atoms with E-state index >= 15 is 0 Å². The topological polar surface area (TPSA) is 72.2 Å². The van der Waals surface area contributed by atoms with Crippen LogP contribution >= 0.6 is 11.3 Å². The second kappa shape index (κ2) is 5.22. The lowest BCUT2D eigenvalue weighted by molar-refractivity contribution is 0.603. The molecule has 0 spiro atoms. The van der Waals surface area contributed by atoms with Gasteiger partial charge < -0.3 is 5.73 Å². The molecule has 0 unspecified atom stereocenters. The van der Waals surface area contributed by atoms with Gasteiger partial charge in [0, 0.05) is 11.1 Å². The Balaban J connectivity index is 2.36. The zero-order valence-corrected chi connectivity index (χ0v) is 12.4. The normalized spacial score (nSPS) is 11.7. The van der Waals surface area contributed by atoms with Crippen molar-refractivity contribution < 1.29 is 8.42 Å². The summed E-state index contributed by atoms with van der Waals surface area (Å²) in [5.74, 6) is 0.243. The molecule has 2 rings (SSSR count). The molecule has 0 atom stereocenters. The first-order valence-electron chi connectivity index (χ1n) is 5.86. The van der Waals surface area contributed by atoms with E-state index in [0.717, 1.165) is 16.9 Å². The number of anilines is 2. The van der Waals surface area contributed by atoms with Crippen LogP contribution in [0.1, 0.15) is 25.3 Å². The molecule has 3 N–H and O–H groups in total. The molecule has 0 amide bonds. The second-order valence-electron chi connectivity index (χ2n) is 4.55. The smallest absolute Gasteiger partial charge is 0.271 e. The Labute approximate surface area is 117 Å². The van der Waals surface area contributed by atoms with Gasteiger partial charge in [0.15, 0.2) is 0 Å². The van der Waals surface area contributed by atoms with E-state index < -0.39 is 10.0 Å². The van der Waals surface area contributed by atoms with Crippen LogP contribution in [-0.2, 0) is 10.0 Å². The average molecular weight is 296 g/mol. The van der Waals surface area contributed by atoms with E-state index in [0.29, 0.717) is 11.4 Å². The minimum Gasteiger partial charge on any atom is -0.398 e. The number of benzene rings is 1. The van der Waals surface area contributed by atoms with Crippen LogP contribution in [0.25, 0.3) is 0 Å². The summed E-state index contributed by atoms with van der Waals surface area (Å²) in [7, 11) is -3.56. The van der Waals surface area contributed by atoms with Crippen LogP contribution in [0, 0.1) is 0 Å². The van der Waals surface area contributed by atoms with Crippen molar-refractivity contribution in [1.82, 2.24) is 0 Å². The van der Waals surface area contributed by atoms with Crippen molar-refractivity contribution in [3.63, 3.8) is 0 Å². The van der Waals surface area contributed by atoms with E-state index in [2.05, 4.69) is 4.72 Å². The molecule has 0 aliphatic rings. The Morgan fingerprint density at radius 2 is 1.95 bits per heavy atom. The fourth-order valence-corrected chi connectivity index (χ4v) is 3.93. The highest BCUT2D eigenvalue weighted by atomic mass is 32.2. The van der Waals surface area contributed by atoms with Gasteiger partial charge in [0.05, 0.1) is 5.69 Å². The fraction of sp³-hybridized carbons (Fsp3) is 0.231. The van der Waals surface area contributed by atoms with Crippen molar-refractivity contribution in [2.24, 2.45) is 0 Å². The number of nitrogen functional groups attached to an aromatic ring is 1. The van der Waals surface area contributed by atoms with Gasteiger partial charge in [-0.2, -0.15) is 0 Å². The van der Waals surface area contributed by atoms with E-state index in [9.17, 15) is 8.42 Å². The Morgan fingerprint density at radius 3 is 2.53 bits per heavy atom. The van der Waals surface area contributed by atoms with Crippen molar-refractivity contribution in [2.75, 3.05) is 10.5 Å². The highest BCUT2D eigenvalue weighted by Gasteiger charge is 2.18. The number of nitrogens with one attached hydrogen (secondary N) is 1. The van der Waals surface area contributed by atoms with Crippen molar-refractivity contribution in [3.05, 3.63) is 41.3 Å². The molecule has 0 aliphatic heterocycles. The van der Waals surface area contributed by atoms with Gasteiger partial charge in [-0.05, 0) is 23.6 Å². The molecule has 0 fully saturated rings. The Kier molecular flexibility index (Phi) is 3.82. The standard InChI is InChI=1S/C13H16N2O2S2/c1-9(2)11-5-3-4-6-12(11)15-19(16,17)13-7-10(14)8-18-13/h3-9,15H,14H2,1-2H3. The molecule has 0 saturated heterocycles. The summed E-state index contributed by atoms with van der Waals surface area (Å²) in [5, 5.41) is 1.61. The van der Waals surface area contributed by atoms with Crippen molar-refractivity contribution in [1.29, 1.82) is 0 Å². The van der Waals surface area contributed by atoms with E-state index in [1.807, 2.05) is 32.0 Å². The SMILES string of the molecule is CC(C)c1ccccc1NS(=O)(=O)c1cc(N)cs1. The largest absolute Gasteiger partial charge is 0.398 e. The van der Waals surface area contributed by atoms with Gasteiger partial charge in [0.2, 0.25) is 0 Å². The van der Waals surface area contributed by atoms with Gasteiger partial charge in [0.25, 0.3) is 10.0 Å². The van der Waals surface area contributed by atoms with Gasteiger partial charge in [-0.1, -0.05) is 32.0 Å². The van der Waals surface area contributed by atoms with Crippen LogP contribution in [0.4, 0.5) is 11.4 Å².